The quantitative estimate of drug-likeness (QED) is 0.913. The van der Waals surface area contributed by atoms with E-state index in [9.17, 15) is 9.18 Å². The lowest BCUT2D eigenvalue weighted by Gasteiger charge is -2.31. The first kappa shape index (κ1) is 16.0. The van der Waals surface area contributed by atoms with Gasteiger partial charge in [0, 0.05) is 0 Å². The molecule has 7 heteroatoms. The van der Waals surface area contributed by atoms with Crippen molar-refractivity contribution in [2.75, 3.05) is 25.0 Å². The van der Waals surface area contributed by atoms with E-state index in [0.29, 0.717) is 17.6 Å². The predicted octanol–water partition coefficient (Wildman–Crippen LogP) is 2.57. The van der Waals surface area contributed by atoms with Gasteiger partial charge in [-0.2, -0.15) is 0 Å². The molecule has 0 spiro atoms. The Morgan fingerprint density at radius 3 is 2.91 bits per heavy atom. The molecule has 1 saturated heterocycles. The van der Waals surface area contributed by atoms with Gasteiger partial charge in [-0.3, -0.25) is 15.0 Å². The summed E-state index contributed by atoms with van der Waals surface area (Å²) in [5, 5.41) is 10.8. The molecule has 1 aromatic heterocycles. The monoisotopic (exact) mass is 334 g/mol. The molecule has 0 bridgehead atoms. The van der Waals surface area contributed by atoms with Crippen molar-refractivity contribution in [3.05, 3.63) is 41.2 Å². The van der Waals surface area contributed by atoms with Gasteiger partial charge in [-0.05, 0) is 56.0 Å². The van der Waals surface area contributed by atoms with E-state index >= 15 is 0 Å². The van der Waals surface area contributed by atoms with Crippen LogP contribution in [0.1, 0.15) is 18.4 Å². The van der Waals surface area contributed by atoms with Gasteiger partial charge in [0.1, 0.15) is 11.3 Å². The zero-order chi connectivity index (χ0) is 16.1. The van der Waals surface area contributed by atoms with Crippen molar-refractivity contribution in [3.63, 3.8) is 0 Å². The van der Waals surface area contributed by atoms with Gasteiger partial charge < -0.3 is 0 Å². The van der Waals surface area contributed by atoms with Gasteiger partial charge >= 0.3 is 0 Å². The molecular weight excluding hydrogens is 315 g/mol. The highest BCUT2D eigenvalue weighted by Crippen LogP contribution is 2.22. The largest absolute Gasteiger partial charge is 0.299 e. The van der Waals surface area contributed by atoms with Crippen molar-refractivity contribution < 1.29 is 9.18 Å². The molecule has 3 rings (SSSR count). The first-order chi connectivity index (χ1) is 11.2. The number of hydrogen-bond acceptors (Lipinski definition) is 5. The van der Waals surface area contributed by atoms with Crippen molar-refractivity contribution in [1.29, 1.82) is 0 Å². The number of aromatic nitrogens is 2. The van der Waals surface area contributed by atoms with Crippen molar-refractivity contribution in [2.45, 2.75) is 19.3 Å². The third-order valence-electron chi connectivity index (χ3n) is 4.09. The number of nitrogens with zero attached hydrogens (tertiary/aromatic N) is 3. The van der Waals surface area contributed by atoms with Gasteiger partial charge in [-0.25, -0.2) is 4.39 Å². The van der Waals surface area contributed by atoms with Crippen molar-refractivity contribution in [1.82, 2.24) is 15.1 Å². The molecule has 2 aromatic rings. The van der Waals surface area contributed by atoms with Crippen LogP contribution in [0.3, 0.4) is 0 Å². The summed E-state index contributed by atoms with van der Waals surface area (Å²) in [6, 6.07) is 6.83. The van der Waals surface area contributed by atoms with E-state index in [0.717, 1.165) is 37.9 Å². The summed E-state index contributed by atoms with van der Waals surface area (Å²) >= 11 is 1.31. The normalized spacial score (nSPS) is 16.4. The van der Waals surface area contributed by atoms with E-state index in [1.165, 1.54) is 17.4 Å². The third kappa shape index (κ3) is 4.80. The number of anilines is 1. The van der Waals surface area contributed by atoms with Gasteiger partial charge in [0.2, 0.25) is 11.0 Å². The highest BCUT2D eigenvalue weighted by Gasteiger charge is 2.21. The molecule has 0 unspecified atom stereocenters. The Balaban J connectivity index is 1.42. The van der Waals surface area contributed by atoms with E-state index in [4.69, 9.17) is 0 Å². The van der Waals surface area contributed by atoms with E-state index in [1.54, 1.807) is 17.6 Å². The molecule has 1 aliphatic rings. The van der Waals surface area contributed by atoms with Crippen LogP contribution in [-0.4, -0.2) is 40.6 Å². The molecule has 0 radical (unpaired) electrons. The molecule has 122 valence electrons. The standard InChI is InChI=1S/C16H19FN4OS/c17-14-3-1-2-13(9-14)8-12-4-6-21(7-5-12)10-15(22)19-16-20-18-11-23-16/h1-3,9,11-12H,4-8,10H2,(H,19,20,22). The minimum absolute atomic E-state index is 0.0506. The summed E-state index contributed by atoms with van der Waals surface area (Å²) in [4.78, 5) is 14.1. The van der Waals surface area contributed by atoms with E-state index < -0.39 is 0 Å². The zero-order valence-electron chi connectivity index (χ0n) is 12.7. The Morgan fingerprint density at radius 1 is 1.39 bits per heavy atom. The fraction of sp³-hybridized carbons (Fsp3) is 0.438. The molecule has 1 aromatic carbocycles. The smallest absolute Gasteiger partial charge is 0.240 e. The summed E-state index contributed by atoms with van der Waals surface area (Å²) in [6.45, 7) is 2.17. The summed E-state index contributed by atoms with van der Waals surface area (Å²) in [5.74, 6) is 0.331. The lowest BCUT2D eigenvalue weighted by atomic mass is 9.90. The van der Waals surface area contributed by atoms with Crippen molar-refractivity contribution in [2.24, 2.45) is 5.92 Å². The van der Waals surface area contributed by atoms with Crippen LogP contribution in [-0.2, 0) is 11.2 Å². The van der Waals surface area contributed by atoms with Crippen molar-refractivity contribution >= 4 is 22.4 Å². The number of carbonyl (C=O) groups excluding carboxylic acids is 1. The van der Waals surface area contributed by atoms with E-state index in [-0.39, 0.29) is 11.7 Å². The Labute approximate surface area is 138 Å². The molecule has 23 heavy (non-hydrogen) atoms. The average molecular weight is 334 g/mol. The Kier molecular flexibility index (Phi) is 5.30. The highest BCUT2D eigenvalue weighted by atomic mass is 32.1. The van der Waals surface area contributed by atoms with Crippen LogP contribution in [0, 0.1) is 11.7 Å². The van der Waals surface area contributed by atoms with Crippen LogP contribution in [0.25, 0.3) is 0 Å². The Hall–Kier alpha value is -1.86. The van der Waals surface area contributed by atoms with Gasteiger partial charge in [-0.15, -0.1) is 10.2 Å². The summed E-state index contributed by atoms with van der Waals surface area (Å²) in [7, 11) is 0. The number of likely N-dealkylation sites (tertiary alicyclic amines) is 1. The summed E-state index contributed by atoms with van der Waals surface area (Å²) in [5.41, 5.74) is 2.64. The van der Waals surface area contributed by atoms with Crippen LogP contribution in [0.4, 0.5) is 9.52 Å². The Bertz CT molecular complexity index is 641. The maximum Gasteiger partial charge on any atom is 0.240 e. The maximum atomic E-state index is 13.2. The van der Waals surface area contributed by atoms with E-state index in [1.807, 2.05) is 6.07 Å². The van der Waals surface area contributed by atoms with Crippen LogP contribution >= 0.6 is 11.3 Å². The molecule has 0 saturated carbocycles. The fourth-order valence-corrected chi connectivity index (χ4v) is 3.40. The minimum atomic E-state index is -0.173. The summed E-state index contributed by atoms with van der Waals surface area (Å²) < 4.78 is 13.2. The number of amides is 1. The second-order valence-corrected chi connectivity index (χ2v) is 6.68. The number of piperidine rings is 1. The minimum Gasteiger partial charge on any atom is -0.299 e. The molecule has 0 atom stereocenters. The first-order valence-corrected chi connectivity index (χ1v) is 8.60. The number of nitrogens with one attached hydrogen (secondary N) is 1. The topological polar surface area (TPSA) is 58.1 Å². The van der Waals surface area contributed by atoms with Gasteiger partial charge in [0.25, 0.3) is 0 Å². The average Bonchev–Trinajstić information content (AvgIpc) is 3.02. The van der Waals surface area contributed by atoms with Gasteiger partial charge in [-0.1, -0.05) is 23.5 Å². The molecule has 5 nitrogen and oxygen atoms in total. The van der Waals surface area contributed by atoms with Crippen LogP contribution in [0.2, 0.25) is 0 Å². The molecule has 1 amide bonds. The molecule has 0 aliphatic carbocycles. The first-order valence-electron chi connectivity index (χ1n) is 7.72. The van der Waals surface area contributed by atoms with Gasteiger partial charge in [0.15, 0.2) is 0 Å². The fourth-order valence-electron chi connectivity index (χ4n) is 2.94. The second-order valence-electron chi connectivity index (χ2n) is 5.85. The number of rotatable bonds is 5. The molecule has 1 aliphatic heterocycles. The zero-order valence-corrected chi connectivity index (χ0v) is 13.6. The van der Waals surface area contributed by atoms with Crippen molar-refractivity contribution in [3.8, 4) is 0 Å². The van der Waals surface area contributed by atoms with E-state index in [2.05, 4.69) is 20.4 Å². The number of hydrogen-bond donors (Lipinski definition) is 1. The highest BCUT2D eigenvalue weighted by molar-refractivity contribution is 7.13. The molecular formula is C16H19FN4OS. The van der Waals surface area contributed by atoms with Crippen LogP contribution in [0.15, 0.2) is 29.8 Å². The van der Waals surface area contributed by atoms with Gasteiger partial charge in [0.05, 0.1) is 6.54 Å². The predicted molar refractivity (Wildman–Crippen MR) is 87.8 cm³/mol. The van der Waals surface area contributed by atoms with Crippen LogP contribution in [0.5, 0.6) is 0 Å². The third-order valence-corrected chi connectivity index (χ3v) is 4.70. The number of benzene rings is 1. The Morgan fingerprint density at radius 2 is 2.22 bits per heavy atom. The molecule has 2 heterocycles. The molecule has 1 N–H and O–H groups in total. The SMILES string of the molecule is O=C(CN1CCC(Cc2cccc(F)c2)CC1)Nc1nncs1. The maximum absolute atomic E-state index is 13.2. The second kappa shape index (κ2) is 7.61. The molecule has 1 fully saturated rings. The summed E-state index contributed by atoms with van der Waals surface area (Å²) in [6.07, 6.45) is 2.97. The lowest BCUT2D eigenvalue weighted by Crippen LogP contribution is -2.39. The number of carbonyl (C=O) groups is 1. The number of halogens is 1. The van der Waals surface area contributed by atoms with Crippen LogP contribution < -0.4 is 5.32 Å². The lowest BCUT2D eigenvalue weighted by molar-refractivity contribution is -0.117.